The Morgan fingerprint density at radius 2 is 2.43 bits per heavy atom. The zero-order valence-corrected chi connectivity index (χ0v) is 9.77. The number of anilines is 1. The summed E-state index contributed by atoms with van der Waals surface area (Å²) in [7, 11) is 2.03. The van der Waals surface area contributed by atoms with Crippen LogP contribution in [0, 0.1) is 0 Å². The SMILES string of the molecule is CCN(C)c1nc2sccn2c1CCl. The Morgan fingerprint density at radius 3 is 3.07 bits per heavy atom. The maximum Gasteiger partial charge on any atom is 0.195 e. The van der Waals surface area contributed by atoms with Gasteiger partial charge in [0.15, 0.2) is 10.8 Å². The molecule has 2 heterocycles. The maximum absolute atomic E-state index is 5.93. The molecule has 0 aliphatic rings. The van der Waals surface area contributed by atoms with Crippen molar-refractivity contribution in [3.8, 4) is 0 Å². The van der Waals surface area contributed by atoms with E-state index in [1.54, 1.807) is 11.3 Å². The number of hydrogen-bond acceptors (Lipinski definition) is 3. The molecule has 0 aliphatic heterocycles. The number of imidazole rings is 1. The summed E-state index contributed by atoms with van der Waals surface area (Å²) in [4.78, 5) is 7.66. The van der Waals surface area contributed by atoms with Crippen molar-refractivity contribution in [2.45, 2.75) is 12.8 Å². The normalized spacial score (nSPS) is 11.1. The highest BCUT2D eigenvalue weighted by molar-refractivity contribution is 7.15. The molecule has 0 fully saturated rings. The molecule has 0 unspecified atom stereocenters. The number of rotatable bonds is 3. The number of nitrogens with zero attached hydrogens (tertiary/aromatic N) is 3. The lowest BCUT2D eigenvalue weighted by molar-refractivity contribution is 0.933. The Labute approximate surface area is 91.9 Å². The second-order valence-corrected chi connectivity index (χ2v) is 4.23. The second kappa shape index (κ2) is 3.79. The molecule has 0 saturated carbocycles. The van der Waals surface area contributed by atoms with Gasteiger partial charge in [-0.3, -0.25) is 4.40 Å². The molecule has 0 spiro atoms. The monoisotopic (exact) mass is 229 g/mol. The van der Waals surface area contributed by atoms with Crippen LogP contribution < -0.4 is 4.90 Å². The van der Waals surface area contributed by atoms with E-state index in [0.29, 0.717) is 5.88 Å². The summed E-state index contributed by atoms with van der Waals surface area (Å²) in [5, 5.41) is 2.02. The Hall–Kier alpha value is -0.740. The minimum absolute atomic E-state index is 0.498. The number of fused-ring (bicyclic) bond motifs is 1. The molecule has 0 atom stereocenters. The number of thiazole rings is 1. The van der Waals surface area contributed by atoms with Crippen LogP contribution in [-0.4, -0.2) is 23.0 Å². The lowest BCUT2D eigenvalue weighted by Crippen LogP contribution is -2.17. The van der Waals surface area contributed by atoms with Crippen molar-refractivity contribution in [3.05, 3.63) is 17.3 Å². The van der Waals surface area contributed by atoms with E-state index >= 15 is 0 Å². The van der Waals surface area contributed by atoms with Crippen LogP contribution in [0.2, 0.25) is 0 Å². The van der Waals surface area contributed by atoms with Gasteiger partial charge < -0.3 is 4.90 Å². The van der Waals surface area contributed by atoms with Crippen LogP contribution in [0.25, 0.3) is 4.96 Å². The van der Waals surface area contributed by atoms with Gasteiger partial charge in [-0.05, 0) is 6.92 Å². The third-order valence-corrected chi connectivity index (χ3v) is 3.31. The molecule has 0 saturated heterocycles. The molecule has 0 aromatic carbocycles. The van der Waals surface area contributed by atoms with Gasteiger partial charge in [0.2, 0.25) is 0 Å². The minimum atomic E-state index is 0.498. The molecule has 0 N–H and O–H groups in total. The first kappa shape index (κ1) is 9.80. The average Bonchev–Trinajstić information content (AvgIpc) is 2.74. The summed E-state index contributed by atoms with van der Waals surface area (Å²) in [6, 6.07) is 0. The molecule has 14 heavy (non-hydrogen) atoms. The van der Waals surface area contributed by atoms with Crippen LogP contribution in [-0.2, 0) is 5.88 Å². The first-order valence-electron chi connectivity index (χ1n) is 4.49. The van der Waals surface area contributed by atoms with Gasteiger partial charge in [-0.1, -0.05) is 0 Å². The fraction of sp³-hybridized carbons (Fsp3) is 0.444. The molecule has 2 aromatic rings. The van der Waals surface area contributed by atoms with E-state index in [-0.39, 0.29) is 0 Å². The first-order valence-corrected chi connectivity index (χ1v) is 5.90. The molecule has 0 bridgehead atoms. The van der Waals surface area contributed by atoms with Crippen LogP contribution in [0.1, 0.15) is 12.6 Å². The molecule has 2 rings (SSSR count). The Balaban J connectivity index is 2.58. The smallest absolute Gasteiger partial charge is 0.195 e. The summed E-state index contributed by atoms with van der Waals surface area (Å²) in [5.41, 5.74) is 1.08. The predicted molar refractivity (Wildman–Crippen MR) is 61.6 cm³/mol. The van der Waals surface area contributed by atoms with Gasteiger partial charge in [-0.2, -0.15) is 0 Å². The van der Waals surface area contributed by atoms with Crippen LogP contribution >= 0.6 is 22.9 Å². The van der Waals surface area contributed by atoms with Crippen molar-refractivity contribution in [1.82, 2.24) is 9.38 Å². The first-order chi connectivity index (χ1) is 6.77. The Bertz CT molecular complexity index is 434. The fourth-order valence-corrected chi connectivity index (χ4v) is 2.38. The van der Waals surface area contributed by atoms with E-state index in [1.165, 1.54) is 0 Å². The van der Waals surface area contributed by atoms with Crippen molar-refractivity contribution in [2.75, 3.05) is 18.5 Å². The lowest BCUT2D eigenvalue weighted by atomic mass is 10.4. The van der Waals surface area contributed by atoms with Crippen LogP contribution in [0.5, 0.6) is 0 Å². The average molecular weight is 230 g/mol. The van der Waals surface area contributed by atoms with Crippen molar-refractivity contribution in [3.63, 3.8) is 0 Å². The van der Waals surface area contributed by atoms with E-state index in [2.05, 4.69) is 21.2 Å². The number of hydrogen-bond donors (Lipinski definition) is 0. The largest absolute Gasteiger partial charge is 0.358 e. The quantitative estimate of drug-likeness (QED) is 0.755. The molecule has 0 aliphatic carbocycles. The Kier molecular flexibility index (Phi) is 2.65. The molecular weight excluding hydrogens is 218 g/mol. The van der Waals surface area contributed by atoms with E-state index in [0.717, 1.165) is 23.0 Å². The third-order valence-electron chi connectivity index (χ3n) is 2.30. The standard InChI is InChI=1S/C9H12ClN3S/c1-3-12(2)8-7(6-10)13-4-5-14-9(13)11-8/h4-5H,3,6H2,1-2H3. The highest BCUT2D eigenvalue weighted by Crippen LogP contribution is 2.24. The van der Waals surface area contributed by atoms with Gasteiger partial charge in [-0.15, -0.1) is 22.9 Å². The van der Waals surface area contributed by atoms with Gasteiger partial charge in [0.05, 0.1) is 11.6 Å². The molecule has 0 amide bonds. The zero-order chi connectivity index (χ0) is 10.1. The highest BCUT2D eigenvalue weighted by atomic mass is 35.5. The molecule has 3 nitrogen and oxygen atoms in total. The van der Waals surface area contributed by atoms with E-state index < -0.39 is 0 Å². The van der Waals surface area contributed by atoms with Gasteiger partial charge in [0.25, 0.3) is 0 Å². The van der Waals surface area contributed by atoms with Gasteiger partial charge >= 0.3 is 0 Å². The summed E-state index contributed by atoms with van der Waals surface area (Å²) >= 11 is 7.56. The van der Waals surface area contributed by atoms with Gasteiger partial charge in [-0.25, -0.2) is 4.98 Å². The maximum atomic E-state index is 5.93. The summed E-state index contributed by atoms with van der Waals surface area (Å²) in [6.45, 7) is 3.04. The number of halogens is 1. The molecule has 0 radical (unpaired) electrons. The topological polar surface area (TPSA) is 20.5 Å². The van der Waals surface area contributed by atoms with Crippen LogP contribution in [0.3, 0.4) is 0 Å². The summed E-state index contributed by atoms with van der Waals surface area (Å²) in [5.74, 6) is 1.49. The second-order valence-electron chi connectivity index (χ2n) is 3.09. The van der Waals surface area contributed by atoms with Crippen molar-refractivity contribution < 1.29 is 0 Å². The van der Waals surface area contributed by atoms with E-state index in [9.17, 15) is 0 Å². The molecule has 5 heteroatoms. The number of alkyl halides is 1. The zero-order valence-electron chi connectivity index (χ0n) is 8.20. The molecular formula is C9H12ClN3S. The van der Waals surface area contributed by atoms with Crippen molar-refractivity contribution in [2.24, 2.45) is 0 Å². The summed E-state index contributed by atoms with van der Waals surface area (Å²) in [6.07, 6.45) is 2.01. The van der Waals surface area contributed by atoms with Crippen molar-refractivity contribution in [1.29, 1.82) is 0 Å². The fourth-order valence-electron chi connectivity index (χ4n) is 1.40. The van der Waals surface area contributed by atoms with Crippen molar-refractivity contribution >= 4 is 33.7 Å². The molecule has 2 aromatic heterocycles. The highest BCUT2D eigenvalue weighted by Gasteiger charge is 2.14. The van der Waals surface area contributed by atoms with Crippen LogP contribution in [0.4, 0.5) is 5.82 Å². The third kappa shape index (κ3) is 1.38. The van der Waals surface area contributed by atoms with E-state index in [4.69, 9.17) is 11.6 Å². The van der Waals surface area contributed by atoms with Crippen LogP contribution in [0.15, 0.2) is 11.6 Å². The summed E-state index contributed by atoms with van der Waals surface area (Å²) < 4.78 is 2.05. The lowest BCUT2D eigenvalue weighted by Gasteiger charge is -2.14. The van der Waals surface area contributed by atoms with Gasteiger partial charge in [0, 0.05) is 25.2 Å². The Morgan fingerprint density at radius 1 is 1.64 bits per heavy atom. The van der Waals surface area contributed by atoms with Gasteiger partial charge in [0.1, 0.15) is 0 Å². The molecule has 76 valence electrons. The minimum Gasteiger partial charge on any atom is -0.358 e. The number of aromatic nitrogens is 2. The van der Waals surface area contributed by atoms with E-state index in [1.807, 2.05) is 18.6 Å². The predicted octanol–water partition coefficient (Wildman–Crippen LogP) is 2.59.